The van der Waals surface area contributed by atoms with Crippen LogP contribution in [0.1, 0.15) is 74.1 Å². The molecule has 3 fully saturated rings. The van der Waals surface area contributed by atoms with Crippen molar-refractivity contribution in [3.05, 3.63) is 0 Å². The van der Waals surface area contributed by atoms with Crippen molar-refractivity contribution in [2.24, 2.45) is 17.3 Å². The zero-order valence-electron chi connectivity index (χ0n) is 20.6. The molecule has 3 saturated heterocycles. The molecule has 0 aliphatic carbocycles. The van der Waals surface area contributed by atoms with Gasteiger partial charge < -0.3 is 20.1 Å². The molecule has 2 unspecified atom stereocenters. The smallest absolute Gasteiger partial charge is 0.311 e. The predicted molar refractivity (Wildman–Crippen MR) is 125 cm³/mol. The number of nitrogens with one attached hydrogen (secondary N) is 1. The summed E-state index contributed by atoms with van der Waals surface area (Å²) >= 11 is 1.64. The monoisotopic (exact) mass is 468 g/mol. The number of aliphatic hydroxyl groups is 1. The van der Waals surface area contributed by atoms with Crippen LogP contribution in [0.3, 0.4) is 0 Å². The van der Waals surface area contributed by atoms with Crippen molar-refractivity contribution in [3.63, 3.8) is 0 Å². The molecule has 3 rings (SSSR count). The normalized spacial score (nSPS) is 34.1. The van der Waals surface area contributed by atoms with Gasteiger partial charge in [0.1, 0.15) is 6.04 Å². The zero-order chi connectivity index (χ0) is 24.1. The van der Waals surface area contributed by atoms with Crippen LogP contribution in [0.5, 0.6) is 0 Å². The van der Waals surface area contributed by atoms with Gasteiger partial charge in [-0.1, -0.05) is 20.8 Å². The van der Waals surface area contributed by atoms with E-state index in [-0.39, 0.29) is 36.4 Å². The Morgan fingerprint density at radius 2 is 1.91 bits per heavy atom. The van der Waals surface area contributed by atoms with Crippen molar-refractivity contribution >= 4 is 29.5 Å². The number of likely N-dealkylation sites (tertiary alicyclic amines) is 1. The summed E-state index contributed by atoms with van der Waals surface area (Å²) in [5.41, 5.74) is -0.413. The van der Waals surface area contributed by atoms with Gasteiger partial charge in [-0.3, -0.25) is 14.4 Å². The number of amides is 2. The molecule has 1 spiro atoms. The van der Waals surface area contributed by atoms with Gasteiger partial charge in [0, 0.05) is 23.4 Å². The second-order valence-corrected chi connectivity index (χ2v) is 13.6. The van der Waals surface area contributed by atoms with Crippen molar-refractivity contribution in [2.75, 3.05) is 19.8 Å². The summed E-state index contributed by atoms with van der Waals surface area (Å²) in [6.45, 7) is 14.8. The minimum atomic E-state index is -0.656. The van der Waals surface area contributed by atoms with Gasteiger partial charge in [-0.05, 0) is 58.8 Å². The Labute approximate surface area is 196 Å². The van der Waals surface area contributed by atoms with Crippen molar-refractivity contribution in [1.82, 2.24) is 10.2 Å². The first-order chi connectivity index (χ1) is 14.7. The summed E-state index contributed by atoms with van der Waals surface area (Å²) < 4.78 is 4.33. The summed E-state index contributed by atoms with van der Waals surface area (Å²) in [4.78, 5) is 42.1. The Morgan fingerprint density at radius 3 is 2.47 bits per heavy atom. The van der Waals surface area contributed by atoms with Crippen LogP contribution in [0.15, 0.2) is 0 Å². The molecule has 32 heavy (non-hydrogen) atoms. The third-order valence-electron chi connectivity index (χ3n) is 7.06. The number of fused-ring (bicyclic) bond motifs is 1. The molecule has 3 heterocycles. The number of hydrogen-bond donors (Lipinski definition) is 2. The van der Waals surface area contributed by atoms with Gasteiger partial charge >= 0.3 is 5.97 Å². The van der Waals surface area contributed by atoms with E-state index < -0.39 is 32.9 Å². The number of ether oxygens (including phenoxy) is 1. The highest BCUT2D eigenvalue weighted by molar-refractivity contribution is 8.02. The fourth-order valence-electron chi connectivity index (χ4n) is 6.57. The highest BCUT2D eigenvalue weighted by Crippen LogP contribution is 2.71. The van der Waals surface area contributed by atoms with Crippen molar-refractivity contribution in [1.29, 1.82) is 0 Å². The first-order valence-electron chi connectivity index (χ1n) is 11.8. The van der Waals surface area contributed by atoms with E-state index >= 15 is 0 Å². The lowest BCUT2D eigenvalue weighted by molar-refractivity contribution is -0.155. The Balaban J connectivity index is 1.98. The Morgan fingerprint density at radius 1 is 1.25 bits per heavy atom. The summed E-state index contributed by atoms with van der Waals surface area (Å²) in [5, 5.41) is 12.6. The van der Waals surface area contributed by atoms with Crippen LogP contribution in [-0.4, -0.2) is 68.6 Å². The van der Waals surface area contributed by atoms with E-state index in [1.807, 2.05) is 20.8 Å². The summed E-state index contributed by atoms with van der Waals surface area (Å²) in [7, 11) is 0. The fraction of sp³-hybridized carbons (Fsp3) is 0.875. The Bertz CT molecular complexity index is 779. The SMILES string of the molecule is CCOC(=O)[C@H]1[C@H]2C(=O)N(CCCO)C(C(=O)NC(C)(C)CC(C)(C)C)C23CC[C@]1(C)S3. The molecule has 0 aromatic carbocycles. The van der Waals surface area contributed by atoms with E-state index in [0.717, 1.165) is 12.8 Å². The lowest BCUT2D eigenvalue weighted by Gasteiger charge is -2.38. The lowest BCUT2D eigenvalue weighted by Crippen LogP contribution is -2.58. The van der Waals surface area contributed by atoms with E-state index in [1.54, 1.807) is 23.6 Å². The molecule has 0 aromatic heterocycles. The third-order valence-corrected chi connectivity index (χ3v) is 9.04. The lowest BCUT2D eigenvalue weighted by atomic mass is 9.66. The van der Waals surface area contributed by atoms with E-state index in [4.69, 9.17) is 4.74 Å². The molecule has 0 aromatic rings. The average Bonchev–Trinajstić information content (AvgIpc) is 3.18. The molecule has 5 atom stereocenters. The molecule has 2 bridgehead atoms. The largest absolute Gasteiger partial charge is 0.466 e. The molecule has 8 heteroatoms. The number of aliphatic hydroxyl groups excluding tert-OH is 1. The minimum absolute atomic E-state index is 0.0305. The molecule has 7 nitrogen and oxygen atoms in total. The van der Waals surface area contributed by atoms with E-state index in [2.05, 4.69) is 26.1 Å². The van der Waals surface area contributed by atoms with Crippen LogP contribution >= 0.6 is 11.8 Å². The predicted octanol–water partition coefficient (Wildman–Crippen LogP) is 2.74. The molecule has 3 aliphatic rings. The van der Waals surface area contributed by atoms with E-state index in [0.29, 0.717) is 19.4 Å². The first kappa shape index (κ1) is 25.3. The number of carbonyl (C=O) groups is 3. The molecular formula is C24H40N2O5S. The summed E-state index contributed by atoms with van der Waals surface area (Å²) in [6, 6.07) is -0.656. The molecule has 182 valence electrons. The topological polar surface area (TPSA) is 95.9 Å². The maximum Gasteiger partial charge on any atom is 0.311 e. The van der Waals surface area contributed by atoms with E-state index in [1.165, 1.54) is 0 Å². The van der Waals surface area contributed by atoms with Crippen LogP contribution in [-0.2, 0) is 19.1 Å². The summed E-state index contributed by atoms with van der Waals surface area (Å²) in [5.74, 6) is -1.76. The van der Waals surface area contributed by atoms with Crippen LogP contribution in [0.25, 0.3) is 0 Å². The number of carbonyl (C=O) groups excluding carboxylic acids is 3. The van der Waals surface area contributed by atoms with Gasteiger partial charge in [-0.15, -0.1) is 11.8 Å². The Kier molecular flexibility index (Phi) is 6.73. The van der Waals surface area contributed by atoms with Crippen LogP contribution < -0.4 is 5.32 Å². The number of hydrogen-bond acceptors (Lipinski definition) is 6. The second kappa shape index (κ2) is 8.49. The number of esters is 1. The van der Waals surface area contributed by atoms with Crippen LogP contribution in [0.2, 0.25) is 0 Å². The van der Waals surface area contributed by atoms with Gasteiger partial charge in [0.05, 0.1) is 23.2 Å². The highest BCUT2D eigenvalue weighted by Gasteiger charge is 2.77. The maximum atomic E-state index is 13.8. The fourth-order valence-corrected chi connectivity index (χ4v) is 8.91. The van der Waals surface area contributed by atoms with Crippen molar-refractivity contribution in [3.8, 4) is 0 Å². The van der Waals surface area contributed by atoms with Gasteiger partial charge in [-0.2, -0.15) is 0 Å². The molecule has 3 aliphatic heterocycles. The number of nitrogens with zero attached hydrogens (tertiary/aromatic N) is 1. The van der Waals surface area contributed by atoms with Crippen molar-refractivity contribution in [2.45, 2.75) is 95.2 Å². The van der Waals surface area contributed by atoms with Gasteiger partial charge in [0.15, 0.2) is 0 Å². The molecule has 0 saturated carbocycles. The van der Waals surface area contributed by atoms with Gasteiger partial charge in [0.25, 0.3) is 0 Å². The standard InChI is InChI=1S/C24H40N2O5S/c1-8-31-20(30)16-15-19(29)26(12-9-13-27)17(24(15)11-10-23(16,7)32-24)18(28)25-22(5,6)14-21(2,3)4/h15-17,27H,8-14H2,1-7H3,(H,25,28)/t15-,16+,17?,23-,24?/m0/s1. The summed E-state index contributed by atoms with van der Waals surface area (Å²) in [6.07, 6.45) is 2.67. The van der Waals surface area contributed by atoms with Crippen molar-refractivity contribution < 1.29 is 24.2 Å². The van der Waals surface area contributed by atoms with Gasteiger partial charge in [0.2, 0.25) is 11.8 Å². The maximum absolute atomic E-state index is 13.8. The first-order valence-corrected chi connectivity index (χ1v) is 12.6. The number of rotatable bonds is 8. The zero-order valence-corrected chi connectivity index (χ0v) is 21.4. The number of thioether (sulfide) groups is 1. The van der Waals surface area contributed by atoms with Crippen LogP contribution in [0, 0.1) is 17.3 Å². The molecular weight excluding hydrogens is 428 g/mol. The van der Waals surface area contributed by atoms with E-state index in [9.17, 15) is 19.5 Å². The minimum Gasteiger partial charge on any atom is -0.466 e. The quantitative estimate of drug-likeness (QED) is 0.532. The molecule has 0 radical (unpaired) electrons. The average molecular weight is 469 g/mol. The van der Waals surface area contributed by atoms with Gasteiger partial charge in [-0.25, -0.2) is 0 Å². The highest BCUT2D eigenvalue weighted by atomic mass is 32.2. The third kappa shape index (κ3) is 4.29. The second-order valence-electron chi connectivity index (χ2n) is 11.7. The van der Waals surface area contributed by atoms with Crippen LogP contribution in [0.4, 0.5) is 0 Å². The molecule has 2 N–H and O–H groups in total. The molecule has 2 amide bonds. The Hall–Kier alpha value is -1.28.